The van der Waals surface area contributed by atoms with E-state index in [1.165, 1.54) is 12.2 Å². The van der Waals surface area contributed by atoms with E-state index < -0.39 is 11.7 Å². The fourth-order valence-electron chi connectivity index (χ4n) is 0.956. The van der Waals surface area contributed by atoms with Gasteiger partial charge in [-0.05, 0) is 12.1 Å². The molecule has 0 saturated carbocycles. The molecule has 0 radical (unpaired) electrons. The minimum atomic E-state index is -4.48. The van der Waals surface area contributed by atoms with Gasteiger partial charge in [-0.3, -0.25) is 0 Å². The van der Waals surface area contributed by atoms with Crippen LogP contribution in [0.2, 0.25) is 5.02 Å². The number of aliphatic hydroxyl groups is 1. The molecule has 0 aliphatic heterocycles. The number of nitrogens with zero attached hydrogens (tertiary/aromatic N) is 1. The average molecular weight is 268 g/mol. The van der Waals surface area contributed by atoms with Gasteiger partial charge in [-0.2, -0.15) is 13.2 Å². The topological polar surface area (TPSA) is 42.4 Å². The zero-order valence-electron chi connectivity index (χ0n) is 8.54. The van der Waals surface area contributed by atoms with Gasteiger partial charge in [-0.1, -0.05) is 17.7 Å². The number of aliphatic hydroxyl groups excluding tert-OH is 1. The van der Waals surface area contributed by atoms with Crippen LogP contribution in [-0.4, -0.2) is 23.3 Å². The van der Waals surface area contributed by atoms with Gasteiger partial charge in [0.15, 0.2) is 0 Å². The molecule has 0 bridgehead atoms. The Hall–Kier alpha value is -1.27. The molecule has 0 spiro atoms. The van der Waals surface area contributed by atoms with Crippen molar-refractivity contribution < 1.29 is 23.0 Å². The first kappa shape index (κ1) is 13.8. The van der Waals surface area contributed by atoms with Crippen molar-refractivity contribution in [3.63, 3.8) is 0 Å². The fourth-order valence-corrected chi connectivity index (χ4v) is 1.18. The van der Waals surface area contributed by atoms with Crippen LogP contribution in [0.5, 0.6) is 5.88 Å². The molecule has 94 valence electrons. The molecule has 1 rings (SSSR count). The Morgan fingerprint density at radius 3 is 2.65 bits per heavy atom. The third-order valence-electron chi connectivity index (χ3n) is 1.72. The Morgan fingerprint density at radius 1 is 1.41 bits per heavy atom. The number of halogens is 4. The lowest BCUT2D eigenvalue weighted by Gasteiger charge is -2.09. The van der Waals surface area contributed by atoms with Gasteiger partial charge in [-0.15, -0.1) is 0 Å². The zero-order valence-corrected chi connectivity index (χ0v) is 9.29. The minimum Gasteiger partial charge on any atom is -0.472 e. The molecule has 0 atom stereocenters. The highest BCUT2D eigenvalue weighted by atomic mass is 35.5. The van der Waals surface area contributed by atoms with Crippen LogP contribution in [0.15, 0.2) is 24.4 Å². The summed E-state index contributed by atoms with van der Waals surface area (Å²) in [6, 6.07) is 0.750. The Balaban J connectivity index is 2.73. The van der Waals surface area contributed by atoms with Gasteiger partial charge in [0.05, 0.1) is 12.2 Å². The standard InChI is InChI=1S/C10H9ClF3NO2/c11-8-5-7(10(12,13)14)6-15-9(8)17-4-2-1-3-16/h1-2,5-6,16H,3-4H2/b2-1-. The predicted molar refractivity (Wildman–Crippen MR) is 56.0 cm³/mol. The second-order valence-electron chi connectivity index (χ2n) is 2.97. The van der Waals surface area contributed by atoms with Crippen LogP contribution < -0.4 is 4.74 Å². The molecule has 1 aromatic heterocycles. The van der Waals surface area contributed by atoms with E-state index >= 15 is 0 Å². The van der Waals surface area contributed by atoms with Crippen LogP contribution in [0, 0.1) is 0 Å². The molecule has 1 heterocycles. The van der Waals surface area contributed by atoms with Gasteiger partial charge in [0, 0.05) is 6.20 Å². The summed E-state index contributed by atoms with van der Waals surface area (Å²) in [5.74, 6) is -0.0812. The van der Waals surface area contributed by atoms with Crippen molar-refractivity contribution in [3.05, 3.63) is 35.0 Å². The van der Waals surface area contributed by atoms with Crippen LogP contribution in [0.1, 0.15) is 5.56 Å². The molecule has 0 amide bonds. The third-order valence-corrected chi connectivity index (χ3v) is 1.99. The number of hydrogen-bond donors (Lipinski definition) is 1. The van der Waals surface area contributed by atoms with Crippen LogP contribution in [0.25, 0.3) is 0 Å². The Morgan fingerprint density at radius 2 is 2.12 bits per heavy atom. The molecule has 0 unspecified atom stereocenters. The molecule has 0 aliphatic carbocycles. The van der Waals surface area contributed by atoms with Gasteiger partial charge in [0.25, 0.3) is 0 Å². The first-order chi connectivity index (χ1) is 7.95. The third kappa shape index (κ3) is 4.24. The van der Waals surface area contributed by atoms with Crippen molar-refractivity contribution in [2.75, 3.05) is 13.2 Å². The van der Waals surface area contributed by atoms with E-state index in [2.05, 4.69) is 4.98 Å². The summed E-state index contributed by atoms with van der Waals surface area (Å²) in [5.41, 5.74) is -0.930. The maximum atomic E-state index is 12.3. The van der Waals surface area contributed by atoms with E-state index in [9.17, 15) is 13.2 Å². The minimum absolute atomic E-state index is 0.0681. The highest BCUT2D eigenvalue weighted by Crippen LogP contribution is 2.32. The Labute approximate surface area is 100 Å². The van der Waals surface area contributed by atoms with Crippen molar-refractivity contribution in [3.8, 4) is 5.88 Å². The lowest BCUT2D eigenvalue weighted by molar-refractivity contribution is -0.137. The van der Waals surface area contributed by atoms with Gasteiger partial charge >= 0.3 is 6.18 Å². The number of pyridine rings is 1. The fraction of sp³-hybridized carbons (Fsp3) is 0.300. The highest BCUT2D eigenvalue weighted by molar-refractivity contribution is 6.31. The van der Waals surface area contributed by atoms with Crippen molar-refractivity contribution in [1.82, 2.24) is 4.98 Å². The summed E-state index contributed by atoms with van der Waals surface area (Å²) >= 11 is 5.59. The molecule has 1 N–H and O–H groups in total. The van der Waals surface area contributed by atoms with Crippen LogP contribution in [0.4, 0.5) is 13.2 Å². The summed E-state index contributed by atoms with van der Waals surface area (Å²) in [6.45, 7) is -0.0732. The highest BCUT2D eigenvalue weighted by Gasteiger charge is 2.31. The number of aromatic nitrogens is 1. The number of hydrogen-bond acceptors (Lipinski definition) is 3. The lowest BCUT2D eigenvalue weighted by atomic mass is 10.3. The van der Waals surface area contributed by atoms with Gasteiger partial charge in [0.1, 0.15) is 11.6 Å². The van der Waals surface area contributed by atoms with E-state index in [1.807, 2.05) is 0 Å². The normalized spacial score (nSPS) is 12.1. The zero-order chi connectivity index (χ0) is 12.9. The predicted octanol–water partition coefficient (Wildman–Crippen LogP) is 2.68. The number of rotatable bonds is 4. The SMILES string of the molecule is OC/C=C\COc1ncc(C(F)(F)F)cc1Cl. The van der Waals surface area contributed by atoms with E-state index in [0.717, 1.165) is 6.07 Å². The van der Waals surface area contributed by atoms with Crippen molar-refractivity contribution in [2.24, 2.45) is 0 Å². The molecule has 0 aromatic carbocycles. The molecular formula is C10H9ClF3NO2. The molecule has 0 aliphatic rings. The first-order valence-corrected chi connectivity index (χ1v) is 4.94. The largest absolute Gasteiger partial charge is 0.472 e. The first-order valence-electron chi connectivity index (χ1n) is 4.56. The van der Waals surface area contributed by atoms with Gasteiger partial charge in [0.2, 0.25) is 5.88 Å². The second kappa shape index (κ2) is 5.88. The van der Waals surface area contributed by atoms with Crippen molar-refractivity contribution >= 4 is 11.6 Å². The van der Waals surface area contributed by atoms with Crippen LogP contribution in [-0.2, 0) is 6.18 Å². The molecule has 0 saturated heterocycles. The average Bonchev–Trinajstić information content (AvgIpc) is 2.24. The summed E-state index contributed by atoms with van der Waals surface area (Å²) < 4.78 is 41.8. The lowest BCUT2D eigenvalue weighted by Crippen LogP contribution is -2.06. The van der Waals surface area contributed by atoms with E-state index in [1.54, 1.807) is 0 Å². The van der Waals surface area contributed by atoms with Crippen LogP contribution in [0.3, 0.4) is 0 Å². The smallest absolute Gasteiger partial charge is 0.417 e. The molecule has 7 heteroatoms. The van der Waals surface area contributed by atoms with E-state index in [4.69, 9.17) is 21.4 Å². The Kier molecular flexibility index (Phi) is 4.77. The summed E-state index contributed by atoms with van der Waals surface area (Å²) in [5, 5.41) is 8.22. The number of ether oxygens (including phenoxy) is 1. The molecule has 17 heavy (non-hydrogen) atoms. The summed E-state index contributed by atoms with van der Waals surface area (Å²) in [6.07, 6.45) is -0.906. The summed E-state index contributed by atoms with van der Waals surface area (Å²) in [7, 11) is 0. The van der Waals surface area contributed by atoms with Crippen molar-refractivity contribution in [2.45, 2.75) is 6.18 Å². The Bertz CT molecular complexity index is 407. The molecule has 1 aromatic rings. The maximum absolute atomic E-state index is 12.3. The molecular weight excluding hydrogens is 259 g/mol. The molecule has 3 nitrogen and oxygen atoms in total. The van der Waals surface area contributed by atoms with Crippen molar-refractivity contribution in [1.29, 1.82) is 0 Å². The number of alkyl halides is 3. The quantitative estimate of drug-likeness (QED) is 0.853. The van der Waals surface area contributed by atoms with Gasteiger partial charge in [-0.25, -0.2) is 4.98 Å². The maximum Gasteiger partial charge on any atom is 0.417 e. The van der Waals surface area contributed by atoms with Gasteiger partial charge < -0.3 is 9.84 Å². The molecule has 0 fully saturated rings. The monoisotopic (exact) mass is 267 g/mol. The second-order valence-corrected chi connectivity index (χ2v) is 3.38. The summed E-state index contributed by atoms with van der Waals surface area (Å²) in [4.78, 5) is 3.47. The van der Waals surface area contributed by atoms with Crippen LogP contribution >= 0.6 is 11.6 Å². The van der Waals surface area contributed by atoms with E-state index in [-0.39, 0.29) is 24.1 Å². The van der Waals surface area contributed by atoms with E-state index in [0.29, 0.717) is 6.20 Å².